The third-order valence-corrected chi connectivity index (χ3v) is 6.11. The van der Waals surface area contributed by atoms with E-state index >= 15 is 0 Å². The van der Waals surface area contributed by atoms with Crippen molar-refractivity contribution in [3.05, 3.63) is 83.0 Å². The molecule has 212 valence electrons. The van der Waals surface area contributed by atoms with Gasteiger partial charge in [0.2, 0.25) is 5.76 Å². The summed E-state index contributed by atoms with van der Waals surface area (Å²) in [4.78, 5) is 13.6. The highest BCUT2D eigenvalue weighted by Crippen LogP contribution is 2.38. The lowest BCUT2D eigenvalue weighted by atomic mass is 10.0. The quantitative estimate of drug-likeness (QED) is 0.188. The molecule has 2 aromatic carbocycles. The van der Waals surface area contributed by atoms with Crippen molar-refractivity contribution in [3.63, 3.8) is 0 Å². The average Bonchev–Trinajstić information content (AvgIpc) is 3.53. The highest BCUT2D eigenvalue weighted by molar-refractivity contribution is 5.86. The number of alkyl halides is 3. The van der Waals surface area contributed by atoms with Crippen LogP contribution in [0.3, 0.4) is 0 Å². The molecule has 0 aliphatic heterocycles. The Kier molecular flexibility index (Phi) is 8.41. The van der Waals surface area contributed by atoms with Crippen LogP contribution in [-0.4, -0.2) is 31.6 Å². The van der Waals surface area contributed by atoms with Crippen LogP contribution in [0.2, 0.25) is 0 Å². The molecule has 0 radical (unpaired) electrons. The number of anilines is 1. The fourth-order valence-electron chi connectivity index (χ4n) is 4.30. The zero-order chi connectivity index (χ0) is 29.0. The lowest BCUT2D eigenvalue weighted by molar-refractivity contribution is -0.274. The van der Waals surface area contributed by atoms with Crippen LogP contribution in [0.1, 0.15) is 53.0 Å². The number of carbonyl (C=O) groups excluding carboxylic acids is 1. The van der Waals surface area contributed by atoms with Gasteiger partial charge in [0, 0.05) is 24.2 Å². The number of hydrogen-bond donors (Lipinski definition) is 0. The molecule has 0 fully saturated rings. The minimum Gasteiger partial charge on any atom is -0.489 e. The van der Waals surface area contributed by atoms with Crippen molar-refractivity contribution in [1.29, 1.82) is 0 Å². The first-order valence-corrected chi connectivity index (χ1v) is 12.4. The molecular formula is C29H29F3N2O6. The number of hydrogen-bond acceptors (Lipinski definition) is 8. The molecule has 0 aliphatic carbocycles. The molecule has 4 rings (SSSR count). The number of furan rings is 1. The van der Waals surface area contributed by atoms with E-state index in [2.05, 4.69) is 14.6 Å². The molecule has 11 heteroatoms. The third-order valence-electron chi connectivity index (χ3n) is 6.11. The maximum Gasteiger partial charge on any atom is 0.573 e. The molecule has 8 nitrogen and oxygen atoms in total. The Bertz CT molecular complexity index is 1470. The van der Waals surface area contributed by atoms with Gasteiger partial charge in [0.05, 0.1) is 19.2 Å². The van der Waals surface area contributed by atoms with Crippen molar-refractivity contribution in [1.82, 2.24) is 5.16 Å². The van der Waals surface area contributed by atoms with Gasteiger partial charge in [-0.15, -0.1) is 13.2 Å². The Morgan fingerprint density at radius 1 is 1.10 bits per heavy atom. The van der Waals surface area contributed by atoms with E-state index in [-0.39, 0.29) is 35.3 Å². The van der Waals surface area contributed by atoms with Crippen molar-refractivity contribution in [2.45, 2.75) is 46.2 Å². The fraction of sp³-hybridized carbons (Fsp3) is 0.310. The molecular weight excluding hydrogens is 529 g/mol. The number of halogens is 3. The molecule has 0 saturated carbocycles. The first kappa shape index (κ1) is 28.6. The predicted octanol–water partition coefficient (Wildman–Crippen LogP) is 7.27. The normalized spacial score (nSPS) is 11.5. The second kappa shape index (κ2) is 11.8. The first-order valence-electron chi connectivity index (χ1n) is 12.4. The molecule has 0 aliphatic rings. The SMILES string of the molecule is COC(=O)c1ccc(CN(C)c2ccc(OCc3c(-c4ccccc4OC(F)(F)F)noc3C(C)C)cc2C)o1. The molecule has 2 heterocycles. The van der Waals surface area contributed by atoms with Crippen LogP contribution in [0.4, 0.5) is 18.9 Å². The number of ether oxygens (including phenoxy) is 3. The monoisotopic (exact) mass is 558 g/mol. The number of rotatable bonds is 10. The summed E-state index contributed by atoms with van der Waals surface area (Å²) < 4.78 is 65.1. The lowest BCUT2D eigenvalue weighted by Gasteiger charge is -2.21. The van der Waals surface area contributed by atoms with Crippen molar-refractivity contribution < 1.29 is 41.1 Å². The maximum atomic E-state index is 13.0. The molecule has 0 bridgehead atoms. The maximum absolute atomic E-state index is 13.0. The van der Waals surface area contributed by atoms with Crippen molar-refractivity contribution in [3.8, 4) is 22.8 Å². The molecule has 0 atom stereocenters. The van der Waals surface area contributed by atoms with E-state index in [4.69, 9.17) is 13.7 Å². The Labute approximate surface area is 229 Å². The van der Waals surface area contributed by atoms with Gasteiger partial charge in [0.25, 0.3) is 0 Å². The highest BCUT2D eigenvalue weighted by Gasteiger charge is 2.33. The molecule has 0 unspecified atom stereocenters. The Balaban J connectivity index is 1.53. The number of methoxy groups -OCH3 is 1. The highest BCUT2D eigenvalue weighted by atomic mass is 19.4. The summed E-state index contributed by atoms with van der Waals surface area (Å²) in [5.74, 6) is 0.788. The average molecular weight is 559 g/mol. The second-order valence-corrected chi connectivity index (χ2v) is 9.42. The van der Waals surface area contributed by atoms with Crippen LogP contribution >= 0.6 is 0 Å². The van der Waals surface area contributed by atoms with Gasteiger partial charge in [-0.2, -0.15) is 0 Å². The summed E-state index contributed by atoms with van der Waals surface area (Å²) in [5, 5.41) is 4.08. The van der Waals surface area contributed by atoms with Gasteiger partial charge in [-0.25, -0.2) is 4.79 Å². The molecule has 40 heavy (non-hydrogen) atoms. The topological polar surface area (TPSA) is 87.2 Å². The van der Waals surface area contributed by atoms with Crippen molar-refractivity contribution in [2.24, 2.45) is 0 Å². The Morgan fingerprint density at radius 3 is 2.52 bits per heavy atom. The number of nitrogens with zero attached hydrogens (tertiary/aromatic N) is 2. The third kappa shape index (κ3) is 6.59. The predicted molar refractivity (Wildman–Crippen MR) is 140 cm³/mol. The summed E-state index contributed by atoms with van der Waals surface area (Å²) >= 11 is 0. The second-order valence-electron chi connectivity index (χ2n) is 9.42. The van der Waals surface area contributed by atoms with Crippen molar-refractivity contribution >= 4 is 11.7 Å². The number of carbonyl (C=O) groups is 1. The van der Waals surface area contributed by atoms with Crippen LogP contribution in [0.15, 0.2) is 63.5 Å². The van der Waals surface area contributed by atoms with E-state index in [1.165, 1.54) is 25.3 Å². The smallest absolute Gasteiger partial charge is 0.489 e. The van der Waals surface area contributed by atoms with Gasteiger partial charge in [-0.3, -0.25) is 0 Å². The van der Waals surface area contributed by atoms with Crippen LogP contribution in [-0.2, 0) is 17.9 Å². The molecule has 0 saturated heterocycles. The Morgan fingerprint density at radius 2 is 1.85 bits per heavy atom. The summed E-state index contributed by atoms with van der Waals surface area (Å²) in [6.45, 7) is 6.15. The van der Waals surface area contributed by atoms with Crippen LogP contribution in [0, 0.1) is 6.92 Å². The van der Waals surface area contributed by atoms with Gasteiger partial charge >= 0.3 is 12.3 Å². The zero-order valence-corrected chi connectivity index (χ0v) is 22.7. The summed E-state index contributed by atoms with van der Waals surface area (Å²) in [5.41, 5.74) is 2.73. The number of aryl methyl sites for hydroxylation is 1. The van der Waals surface area contributed by atoms with Crippen LogP contribution in [0.5, 0.6) is 11.5 Å². The minimum absolute atomic E-state index is 0.0179. The number of esters is 1. The van der Waals surface area contributed by atoms with Gasteiger partial charge in [0.1, 0.15) is 35.3 Å². The standard InChI is InChI=1S/C29H29F3N2O6/c1-17(2)27-22(26(33-40-27)21-8-6-7-9-24(21)39-29(30,31)32)16-37-19-10-12-23(18(3)14-19)34(4)15-20-11-13-25(38-20)28(35)36-5/h6-14,17H,15-16H2,1-5H3. The first-order chi connectivity index (χ1) is 19.0. The summed E-state index contributed by atoms with van der Waals surface area (Å²) in [6, 6.07) is 14.6. The summed E-state index contributed by atoms with van der Waals surface area (Å²) in [7, 11) is 3.18. The lowest BCUT2D eigenvalue weighted by Crippen LogP contribution is -2.17. The Hall–Kier alpha value is -4.41. The molecule has 2 aromatic heterocycles. The largest absolute Gasteiger partial charge is 0.573 e. The molecule has 0 spiro atoms. The van der Waals surface area contributed by atoms with Gasteiger partial charge in [0.15, 0.2) is 0 Å². The molecule has 4 aromatic rings. The number of aromatic nitrogens is 1. The van der Waals surface area contributed by atoms with E-state index in [9.17, 15) is 18.0 Å². The van der Waals surface area contributed by atoms with E-state index in [1.807, 2.05) is 44.9 Å². The minimum atomic E-state index is -4.86. The van der Waals surface area contributed by atoms with Gasteiger partial charge in [-0.05, 0) is 55.0 Å². The van der Waals surface area contributed by atoms with Crippen LogP contribution in [0.25, 0.3) is 11.3 Å². The van der Waals surface area contributed by atoms with E-state index in [0.29, 0.717) is 29.4 Å². The van der Waals surface area contributed by atoms with E-state index in [0.717, 1.165) is 11.3 Å². The fourth-order valence-corrected chi connectivity index (χ4v) is 4.30. The zero-order valence-electron chi connectivity index (χ0n) is 22.7. The van der Waals surface area contributed by atoms with E-state index in [1.54, 1.807) is 24.3 Å². The van der Waals surface area contributed by atoms with Crippen LogP contribution < -0.4 is 14.4 Å². The van der Waals surface area contributed by atoms with Gasteiger partial charge in [-0.1, -0.05) is 31.1 Å². The number of benzene rings is 2. The molecule has 0 N–H and O–H groups in total. The summed E-state index contributed by atoms with van der Waals surface area (Å²) in [6.07, 6.45) is -4.86. The molecule has 0 amide bonds. The van der Waals surface area contributed by atoms with Gasteiger partial charge < -0.3 is 28.1 Å². The van der Waals surface area contributed by atoms with E-state index < -0.39 is 12.3 Å². The number of para-hydroxylation sites is 1. The van der Waals surface area contributed by atoms with Crippen molar-refractivity contribution in [2.75, 3.05) is 19.1 Å².